The predicted octanol–water partition coefficient (Wildman–Crippen LogP) is 5.08. The first-order valence-corrected chi connectivity index (χ1v) is 10.8. The highest BCUT2D eigenvalue weighted by Crippen LogP contribution is 2.50. The molecule has 1 aliphatic heterocycles. The standard InChI is InChI=1S/C26H25N3O3/c1-15-21-22(16-9-11-17(12-10-16)25(31)32)23-19(13-26(2,3)14-20(23)30)27-24(21)29(28-15)18-7-5-4-6-8-18/h4-12,22,27H,13-14H2,1-3H3,(H,31,32)/t22-/m0/s1. The minimum Gasteiger partial charge on any atom is -0.478 e. The van der Waals surface area contributed by atoms with Gasteiger partial charge >= 0.3 is 5.97 Å². The normalized spacial score (nSPS) is 19.2. The Morgan fingerprint density at radius 2 is 1.78 bits per heavy atom. The zero-order valence-electron chi connectivity index (χ0n) is 18.3. The number of hydrogen-bond donors (Lipinski definition) is 2. The van der Waals surface area contributed by atoms with E-state index in [9.17, 15) is 14.7 Å². The fraction of sp³-hybridized carbons (Fsp3) is 0.269. The summed E-state index contributed by atoms with van der Waals surface area (Å²) in [6, 6.07) is 16.8. The third-order valence-corrected chi connectivity index (χ3v) is 6.37. The van der Waals surface area contributed by atoms with Crippen LogP contribution in [0.25, 0.3) is 5.69 Å². The number of aryl methyl sites for hydroxylation is 1. The van der Waals surface area contributed by atoms with Gasteiger partial charge in [-0.2, -0.15) is 5.10 Å². The molecule has 0 amide bonds. The fourth-order valence-electron chi connectivity index (χ4n) is 4.98. The van der Waals surface area contributed by atoms with E-state index in [0.717, 1.165) is 46.0 Å². The van der Waals surface area contributed by atoms with E-state index in [-0.39, 0.29) is 22.7 Å². The molecule has 162 valence electrons. The summed E-state index contributed by atoms with van der Waals surface area (Å²) in [5.74, 6) is -0.255. The molecular formula is C26H25N3O3. The van der Waals surface area contributed by atoms with Crippen molar-refractivity contribution in [2.24, 2.45) is 5.41 Å². The number of aromatic carboxylic acids is 1. The molecule has 0 saturated carbocycles. The highest BCUT2D eigenvalue weighted by atomic mass is 16.4. The van der Waals surface area contributed by atoms with Crippen molar-refractivity contribution >= 4 is 17.6 Å². The number of rotatable bonds is 3. The van der Waals surface area contributed by atoms with Crippen LogP contribution < -0.4 is 5.32 Å². The molecule has 5 rings (SSSR count). The van der Waals surface area contributed by atoms with E-state index in [4.69, 9.17) is 5.10 Å². The zero-order chi connectivity index (χ0) is 22.6. The first kappa shape index (κ1) is 20.2. The number of aromatic nitrogens is 2. The molecule has 0 radical (unpaired) electrons. The number of anilines is 1. The van der Waals surface area contributed by atoms with Gasteiger partial charge in [0, 0.05) is 29.2 Å². The van der Waals surface area contributed by atoms with Crippen molar-refractivity contribution in [1.82, 2.24) is 9.78 Å². The second-order valence-electron chi connectivity index (χ2n) is 9.41. The summed E-state index contributed by atoms with van der Waals surface area (Å²) in [5.41, 5.74) is 5.44. The monoisotopic (exact) mass is 427 g/mol. The van der Waals surface area contributed by atoms with Gasteiger partial charge < -0.3 is 10.4 Å². The van der Waals surface area contributed by atoms with E-state index >= 15 is 0 Å². The number of carboxylic acid groups (broad SMARTS) is 1. The van der Waals surface area contributed by atoms with Crippen molar-refractivity contribution in [3.05, 3.63) is 88.3 Å². The number of carbonyl (C=O) groups excluding carboxylic acids is 1. The summed E-state index contributed by atoms with van der Waals surface area (Å²) in [5, 5.41) is 17.7. The van der Waals surface area contributed by atoms with Gasteiger partial charge in [0.15, 0.2) is 5.78 Å². The Morgan fingerprint density at radius 1 is 1.09 bits per heavy atom. The van der Waals surface area contributed by atoms with Crippen LogP contribution in [0.2, 0.25) is 0 Å². The summed E-state index contributed by atoms with van der Waals surface area (Å²) < 4.78 is 1.90. The third-order valence-electron chi connectivity index (χ3n) is 6.37. The van der Waals surface area contributed by atoms with E-state index < -0.39 is 5.97 Å². The highest BCUT2D eigenvalue weighted by molar-refractivity contribution is 6.01. The van der Waals surface area contributed by atoms with E-state index in [1.165, 1.54) is 0 Å². The van der Waals surface area contributed by atoms with Crippen molar-refractivity contribution in [2.45, 2.75) is 39.5 Å². The molecule has 1 aromatic heterocycles. The first-order chi connectivity index (χ1) is 15.2. The number of fused-ring (bicyclic) bond motifs is 1. The van der Waals surface area contributed by atoms with Crippen LogP contribution in [0.4, 0.5) is 5.82 Å². The summed E-state index contributed by atoms with van der Waals surface area (Å²) >= 11 is 0. The van der Waals surface area contributed by atoms with E-state index in [2.05, 4.69) is 19.2 Å². The van der Waals surface area contributed by atoms with Gasteiger partial charge in [0.1, 0.15) is 5.82 Å². The molecule has 0 bridgehead atoms. The minimum absolute atomic E-state index is 0.133. The van der Waals surface area contributed by atoms with E-state index in [1.807, 2.05) is 54.1 Å². The summed E-state index contributed by atoms with van der Waals surface area (Å²) in [4.78, 5) is 24.7. The number of nitrogens with zero attached hydrogens (tertiary/aromatic N) is 2. The van der Waals surface area contributed by atoms with Crippen molar-refractivity contribution in [1.29, 1.82) is 0 Å². The Labute approximate surface area is 186 Å². The van der Waals surface area contributed by atoms with Crippen molar-refractivity contribution in [2.75, 3.05) is 5.32 Å². The lowest BCUT2D eigenvalue weighted by Gasteiger charge is -2.38. The van der Waals surface area contributed by atoms with Crippen LogP contribution >= 0.6 is 0 Å². The molecule has 0 saturated heterocycles. The summed E-state index contributed by atoms with van der Waals surface area (Å²) in [7, 11) is 0. The van der Waals surface area contributed by atoms with Crippen molar-refractivity contribution < 1.29 is 14.7 Å². The average molecular weight is 428 g/mol. The fourth-order valence-corrected chi connectivity index (χ4v) is 4.98. The van der Waals surface area contributed by atoms with Gasteiger partial charge in [0.05, 0.1) is 16.9 Å². The van der Waals surface area contributed by atoms with Crippen LogP contribution in [0.15, 0.2) is 65.9 Å². The van der Waals surface area contributed by atoms with E-state index in [0.29, 0.717) is 6.42 Å². The van der Waals surface area contributed by atoms with Crippen LogP contribution in [0.1, 0.15) is 59.8 Å². The molecule has 2 aromatic carbocycles. The lowest BCUT2D eigenvalue weighted by molar-refractivity contribution is -0.118. The molecular weight excluding hydrogens is 402 g/mol. The van der Waals surface area contributed by atoms with Gasteiger partial charge in [-0.15, -0.1) is 0 Å². The molecule has 6 nitrogen and oxygen atoms in total. The van der Waals surface area contributed by atoms with Gasteiger partial charge in [-0.1, -0.05) is 44.2 Å². The summed E-state index contributed by atoms with van der Waals surface area (Å²) in [6.07, 6.45) is 1.24. The predicted molar refractivity (Wildman–Crippen MR) is 122 cm³/mol. The molecule has 1 atom stereocenters. The topological polar surface area (TPSA) is 84.2 Å². The number of benzene rings is 2. The zero-order valence-corrected chi connectivity index (χ0v) is 18.3. The van der Waals surface area contributed by atoms with Crippen LogP contribution in [-0.4, -0.2) is 26.6 Å². The van der Waals surface area contributed by atoms with Crippen LogP contribution in [0.3, 0.4) is 0 Å². The number of ketones is 1. The number of carbonyl (C=O) groups is 2. The third kappa shape index (κ3) is 3.23. The van der Waals surface area contributed by atoms with Crippen LogP contribution in [0, 0.1) is 12.3 Å². The number of hydrogen-bond acceptors (Lipinski definition) is 4. The Hall–Kier alpha value is -3.67. The van der Waals surface area contributed by atoms with Gasteiger partial charge in [0.2, 0.25) is 0 Å². The number of allylic oxidation sites excluding steroid dienone is 2. The molecule has 2 aliphatic rings. The number of carboxylic acids is 1. The van der Waals surface area contributed by atoms with Gasteiger partial charge in [-0.05, 0) is 48.6 Å². The lowest BCUT2D eigenvalue weighted by Crippen LogP contribution is -2.34. The molecule has 0 unspecified atom stereocenters. The minimum atomic E-state index is -0.967. The molecule has 32 heavy (non-hydrogen) atoms. The lowest BCUT2D eigenvalue weighted by atomic mass is 9.69. The van der Waals surface area contributed by atoms with Gasteiger partial charge in [0.25, 0.3) is 0 Å². The second kappa shape index (κ2) is 7.19. The smallest absolute Gasteiger partial charge is 0.335 e. The van der Waals surface area contributed by atoms with Crippen molar-refractivity contribution in [3.8, 4) is 5.69 Å². The van der Waals surface area contributed by atoms with Crippen LogP contribution in [0.5, 0.6) is 0 Å². The Morgan fingerprint density at radius 3 is 2.44 bits per heavy atom. The number of nitrogens with one attached hydrogen (secondary N) is 1. The molecule has 0 spiro atoms. The average Bonchev–Trinajstić information content (AvgIpc) is 3.08. The summed E-state index contributed by atoms with van der Waals surface area (Å²) in [6.45, 7) is 6.19. The van der Waals surface area contributed by atoms with Gasteiger partial charge in [-0.3, -0.25) is 4.79 Å². The largest absolute Gasteiger partial charge is 0.478 e. The maximum atomic E-state index is 13.4. The maximum absolute atomic E-state index is 13.4. The molecule has 2 N–H and O–H groups in total. The molecule has 6 heteroatoms. The van der Waals surface area contributed by atoms with E-state index in [1.54, 1.807) is 12.1 Å². The SMILES string of the molecule is Cc1nn(-c2ccccc2)c2c1[C@H](c1ccc(C(=O)O)cc1)C1=C(CC(C)(C)CC1=O)N2. The van der Waals surface area contributed by atoms with Crippen molar-refractivity contribution in [3.63, 3.8) is 0 Å². The first-order valence-electron chi connectivity index (χ1n) is 10.8. The highest BCUT2D eigenvalue weighted by Gasteiger charge is 2.42. The Kier molecular flexibility index (Phi) is 4.55. The Balaban J connectivity index is 1.73. The second-order valence-corrected chi connectivity index (χ2v) is 9.41. The maximum Gasteiger partial charge on any atom is 0.335 e. The van der Waals surface area contributed by atoms with Gasteiger partial charge in [-0.25, -0.2) is 9.48 Å². The number of para-hydroxylation sites is 1. The molecule has 0 fully saturated rings. The van der Waals surface area contributed by atoms with Crippen LogP contribution in [-0.2, 0) is 4.79 Å². The number of Topliss-reactive ketones (excluding diaryl/α,β-unsaturated/α-hetero) is 1. The molecule has 1 aliphatic carbocycles. The molecule has 2 heterocycles. The quantitative estimate of drug-likeness (QED) is 0.609. The Bertz CT molecular complexity index is 1270. The molecule has 3 aromatic rings.